The normalized spacial score (nSPS) is 21.0. The highest BCUT2D eigenvalue weighted by Crippen LogP contribution is 2.32. The number of aliphatic hydroxyl groups excluding tert-OH is 1. The summed E-state index contributed by atoms with van der Waals surface area (Å²) in [5.74, 6) is 1.61. The summed E-state index contributed by atoms with van der Waals surface area (Å²) in [4.78, 5) is 0. The molecule has 2 atom stereocenters. The Kier molecular flexibility index (Phi) is 6.31. The van der Waals surface area contributed by atoms with E-state index in [0.29, 0.717) is 0 Å². The molecule has 0 aliphatic heterocycles. The molecular formula is C14H28O. The van der Waals surface area contributed by atoms with Crippen LogP contribution in [0.4, 0.5) is 0 Å². The Balaban J connectivity index is 2.11. The Labute approximate surface area is 95.3 Å². The van der Waals surface area contributed by atoms with Crippen LogP contribution in [0.3, 0.4) is 0 Å². The summed E-state index contributed by atoms with van der Waals surface area (Å²) in [7, 11) is 0. The molecule has 0 bridgehead atoms. The van der Waals surface area contributed by atoms with Gasteiger partial charge in [0.2, 0.25) is 0 Å². The van der Waals surface area contributed by atoms with E-state index >= 15 is 0 Å². The van der Waals surface area contributed by atoms with Gasteiger partial charge in [-0.3, -0.25) is 0 Å². The summed E-state index contributed by atoms with van der Waals surface area (Å²) in [5.41, 5.74) is 0. The van der Waals surface area contributed by atoms with Crippen molar-refractivity contribution in [3.8, 4) is 0 Å². The van der Waals surface area contributed by atoms with E-state index in [4.69, 9.17) is 0 Å². The highest BCUT2D eigenvalue weighted by molar-refractivity contribution is 4.74. The SMILES string of the molecule is CCCCC(CC)CC(O)CC1CCC1. The molecule has 1 saturated carbocycles. The lowest BCUT2D eigenvalue weighted by molar-refractivity contribution is 0.0913. The zero-order chi connectivity index (χ0) is 11.1. The van der Waals surface area contributed by atoms with Crippen molar-refractivity contribution in [3.63, 3.8) is 0 Å². The van der Waals surface area contributed by atoms with Crippen LogP contribution in [0.2, 0.25) is 0 Å². The molecule has 0 spiro atoms. The Morgan fingerprint density at radius 1 is 1.27 bits per heavy atom. The third-order valence-corrected chi connectivity index (χ3v) is 3.98. The van der Waals surface area contributed by atoms with E-state index < -0.39 is 0 Å². The minimum absolute atomic E-state index is 0.0166. The summed E-state index contributed by atoms with van der Waals surface area (Å²) >= 11 is 0. The van der Waals surface area contributed by atoms with Crippen molar-refractivity contribution in [2.24, 2.45) is 11.8 Å². The standard InChI is InChI=1S/C14H28O/c1-3-5-7-12(4-2)10-14(15)11-13-8-6-9-13/h12-15H,3-11H2,1-2H3. The molecule has 0 heterocycles. The fraction of sp³-hybridized carbons (Fsp3) is 1.00. The second-order valence-corrected chi connectivity index (χ2v) is 5.34. The van der Waals surface area contributed by atoms with Crippen molar-refractivity contribution >= 4 is 0 Å². The van der Waals surface area contributed by atoms with Gasteiger partial charge >= 0.3 is 0 Å². The minimum atomic E-state index is -0.0166. The molecule has 1 rings (SSSR count). The van der Waals surface area contributed by atoms with E-state index in [1.165, 1.54) is 44.9 Å². The molecule has 1 nitrogen and oxygen atoms in total. The highest BCUT2D eigenvalue weighted by Gasteiger charge is 2.22. The predicted octanol–water partition coefficient (Wildman–Crippen LogP) is 4.14. The zero-order valence-electron chi connectivity index (χ0n) is 10.5. The summed E-state index contributed by atoms with van der Waals surface area (Å²) in [6.45, 7) is 4.51. The van der Waals surface area contributed by atoms with Gasteiger partial charge in [0, 0.05) is 0 Å². The second kappa shape index (κ2) is 7.27. The van der Waals surface area contributed by atoms with Crippen LogP contribution in [0.5, 0.6) is 0 Å². The van der Waals surface area contributed by atoms with Gasteiger partial charge in [-0.1, -0.05) is 58.8 Å². The first-order valence-electron chi connectivity index (χ1n) is 6.94. The van der Waals surface area contributed by atoms with Crippen molar-refractivity contribution < 1.29 is 5.11 Å². The molecule has 1 heteroatoms. The van der Waals surface area contributed by atoms with Gasteiger partial charge in [0.05, 0.1) is 6.10 Å². The van der Waals surface area contributed by atoms with Crippen LogP contribution in [0.15, 0.2) is 0 Å². The molecule has 15 heavy (non-hydrogen) atoms. The van der Waals surface area contributed by atoms with Crippen LogP contribution in [-0.4, -0.2) is 11.2 Å². The van der Waals surface area contributed by atoms with E-state index in [-0.39, 0.29) is 6.10 Å². The lowest BCUT2D eigenvalue weighted by atomic mass is 9.79. The van der Waals surface area contributed by atoms with Gasteiger partial charge in [-0.15, -0.1) is 0 Å². The maximum atomic E-state index is 9.99. The fourth-order valence-corrected chi connectivity index (χ4v) is 2.58. The smallest absolute Gasteiger partial charge is 0.0545 e. The Morgan fingerprint density at radius 2 is 2.00 bits per heavy atom. The van der Waals surface area contributed by atoms with Crippen molar-refractivity contribution in [3.05, 3.63) is 0 Å². The number of hydrogen-bond donors (Lipinski definition) is 1. The molecule has 0 amide bonds. The van der Waals surface area contributed by atoms with Crippen LogP contribution in [-0.2, 0) is 0 Å². The molecule has 0 saturated heterocycles. The van der Waals surface area contributed by atoms with Crippen LogP contribution < -0.4 is 0 Å². The molecule has 0 aromatic carbocycles. The van der Waals surface area contributed by atoms with E-state index in [0.717, 1.165) is 24.7 Å². The Bertz CT molecular complexity index is 151. The summed E-state index contributed by atoms with van der Waals surface area (Å²) in [6.07, 6.45) is 11.4. The van der Waals surface area contributed by atoms with Gasteiger partial charge in [0.1, 0.15) is 0 Å². The monoisotopic (exact) mass is 212 g/mol. The minimum Gasteiger partial charge on any atom is -0.393 e. The first kappa shape index (κ1) is 13.0. The van der Waals surface area contributed by atoms with Crippen LogP contribution in [0.1, 0.15) is 71.6 Å². The van der Waals surface area contributed by atoms with E-state index in [1.54, 1.807) is 0 Å². The maximum absolute atomic E-state index is 9.99. The van der Waals surface area contributed by atoms with E-state index in [1.807, 2.05) is 0 Å². The average molecular weight is 212 g/mol. The van der Waals surface area contributed by atoms with Crippen LogP contribution in [0, 0.1) is 11.8 Å². The van der Waals surface area contributed by atoms with E-state index in [2.05, 4.69) is 13.8 Å². The molecule has 0 aromatic rings. The number of aliphatic hydroxyl groups is 1. The first-order chi connectivity index (χ1) is 7.26. The van der Waals surface area contributed by atoms with E-state index in [9.17, 15) is 5.11 Å². The van der Waals surface area contributed by atoms with Crippen molar-refractivity contribution in [1.82, 2.24) is 0 Å². The molecule has 90 valence electrons. The molecule has 0 radical (unpaired) electrons. The lowest BCUT2D eigenvalue weighted by Crippen LogP contribution is -2.21. The van der Waals surface area contributed by atoms with Gasteiger partial charge in [0.15, 0.2) is 0 Å². The zero-order valence-corrected chi connectivity index (χ0v) is 10.5. The van der Waals surface area contributed by atoms with Gasteiger partial charge in [-0.05, 0) is 24.7 Å². The van der Waals surface area contributed by atoms with Gasteiger partial charge in [0.25, 0.3) is 0 Å². The third kappa shape index (κ3) is 5.01. The van der Waals surface area contributed by atoms with Crippen molar-refractivity contribution in [2.75, 3.05) is 0 Å². The van der Waals surface area contributed by atoms with Crippen LogP contribution >= 0.6 is 0 Å². The number of unbranched alkanes of at least 4 members (excludes halogenated alkanes) is 1. The lowest BCUT2D eigenvalue weighted by Gasteiger charge is -2.29. The van der Waals surface area contributed by atoms with Gasteiger partial charge in [-0.25, -0.2) is 0 Å². The summed E-state index contributed by atoms with van der Waals surface area (Å²) in [5, 5.41) is 9.99. The molecular weight excluding hydrogens is 184 g/mol. The summed E-state index contributed by atoms with van der Waals surface area (Å²) in [6, 6.07) is 0. The average Bonchev–Trinajstić information content (AvgIpc) is 2.18. The maximum Gasteiger partial charge on any atom is 0.0545 e. The molecule has 0 aromatic heterocycles. The van der Waals surface area contributed by atoms with Crippen LogP contribution in [0.25, 0.3) is 0 Å². The molecule has 2 unspecified atom stereocenters. The molecule has 1 aliphatic rings. The topological polar surface area (TPSA) is 20.2 Å². The van der Waals surface area contributed by atoms with Gasteiger partial charge < -0.3 is 5.11 Å². The predicted molar refractivity (Wildman–Crippen MR) is 65.9 cm³/mol. The number of rotatable bonds is 8. The molecule has 1 aliphatic carbocycles. The Hall–Kier alpha value is -0.0400. The third-order valence-electron chi connectivity index (χ3n) is 3.98. The largest absolute Gasteiger partial charge is 0.393 e. The van der Waals surface area contributed by atoms with Crippen molar-refractivity contribution in [2.45, 2.75) is 77.7 Å². The molecule has 1 fully saturated rings. The Morgan fingerprint density at radius 3 is 2.47 bits per heavy atom. The molecule has 1 N–H and O–H groups in total. The second-order valence-electron chi connectivity index (χ2n) is 5.34. The van der Waals surface area contributed by atoms with Crippen molar-refractivity contribution in [1.29, 1.82) is 0 Å². The summed E-state index contributed by atoms with van der Waals surface area (Å²) < 4.78 is 0. The number of hydrogen-bond acceptors (Lipinski definition) is 1. The van der Waals surface area contributed by atoms with Gasteiger partial charge in [-0.2, -0.15) is 0 Å². The first-order valence-corrected chi connectivity index (χ1v) is 6.94. The quantitative estimate of drug-likeness (QED) is 0.641. The highest BCUT2D eigenvalue weighted by atomic mass is 16.3. The fourth-order valence-electron chi connectivity index (χ4n) is 2.58.